The van der Waals surface area contributed by atoms with Gasteiger partial charge in [0.15, 0.2) is 5.65 Å². The second kappa shape index (κ2) is 7.30. The molecule has 0 bridgehead atoms. The van der Waals surface area contributed by atoms with Crippen molar-refractivity contribution in [2.75, 3.05) is 26.8 Å². The Bertz CT molecular complexity index is 960. The van der Waals surface area contributed by atoms with Crippen LogP contribution in [0.25, 0.3) is 11.2 Å². The summed E-state index contributed by atoms with van der Waals surface area (Å²) in [4.78, 5) is 25.6. The number of likely N-dealkylation sites (tertiary alicyclic amines) is 1. The van der Waals surface area contributed by atoms with Crippen molar-refractivity contribution in [1.29, 1.82) is 0 Å². The van der Waals surface area contributed by atoms with Gasteiger partial charge in [0, 0.05) is 37.8 Å². The summed E-state index contributed by atoms with van der Waals surface area (Å²) >= 11 is 1.70. The van der Waals surface area contributed by atoms with Gasteiger partial charge < -0.3 is 4.74 Å². The lowest BCUT2D eigenvalue weighted by Crippen LogP contribution is -2.30. The summed E-state index contributed by atoms with van der Waals surface area (Å²) in [5.41, 5.74) is 4.67. The fourth-order valence-electron chi connectivity index (χ4n) is 3.68. The Balaban J connectivity index is 1.62. The number of aryl methyl sites for hydroxylation is 1. The predicted octanol–water partition coefficient (Wildman–Crippen LogP) is 2.06. The Hall–Kier alpha value is -2.03. The Morgan fingerprint density at radius 1 is 1.38 bits per heavy atom. The number of methoxy groups -OCH3 is 1. The van der Waals surface area contributed by atoms with Crippen LogP contribution in [0, 0.1) is 6.92 Å². The second-order valence-electron chi connectivity index (χ2n) is 6.68. The van der Waals surface area contributed by atoms with E-state index in [2.05, 4.69) is 21.8 Å². The molecule has 138 valence electrons. The molecule has 7 nitrogen and oxygen atoms in total. The van der Waals surface area contributed by atoms with Crippen LogP contribution in [0.2, 0.25) is 0 Å². The molecular weight excluding hydrogens is 350 g/mol. The van der Waals surface area contributed by atoms with Crippen molar-refractivity contribution in [2.45, 2.75) is 32.5 Å². The van der Waals surface area contributed by atoms with Gasteiger partial charge in [0.1, 0.15) is 0 Å². The van der Waals surface area contributed by atoms with Crippen LogP contribution in [-0.2, 0) is 17.8 Å². The van der Waals surface area contributed by atoms with E-state index in [1.54, 1.807) is 29.2 Å². The summed E-state index contributed by atoms with van der Waals surface area (Å²) < 4.78 is 8.83. The molecule has 1 saturated heterocycles. The van der Waals surface area contributed by atoms with Crippen molar-refractivity contribution < 1.29 is 4.74 Å². The fourth-order valence-corrected chi connectivity index (χ4v) is 4.50. The molecule has 0 amide bonds. The van der Waals surface area contributed by atoms with E-state index in [1.807, 2.05) is 22.2 Å². The Labute approximate surface area is 155 Å². The first kappa shape index (κ1) is 17.4. The third-order valence-corrected chi connectivity index (χ3v) is 5.99. The van der Waals surface area contributed by atoms with E-state index in [-0.39, 0.29) is 11.7 Å². The molecule has 0 saturated carbocycles. The molecule has 0 N–H and O–H groups in total. The number of hydrogen-bond donors (Lipinski definition) is 0. The van der Waals surface area contributed by atoms with Crippen LogP contribution < -0.4 is 5.69 Å². The first-order valence-corrected chi connectivity index (χ1v) is 9.73. The van der Waals surface area contributed by atoms with E-state index >= 15 is 0 Å². The highest BCUT2D eigenvalue weighted by Crippen LogP contribution is 2.26. The molecule has 1 atom stereocenters. The molecular formula is C18H23N5O2S. The summed E-state index contributed by atoms with van der Waals surface area (Å²) in [6.45, 7) is 5.84. The number of hydrogen-bond acceptors (Lipinski definition) is 6. The highest BCUT2D eigenvalue weighted by atomic mass is 32.1. The number of fused-ring (bicyclic) bond motifs is 1. The van der Waals surface area contributed by atoms with Crippen LogP contribution in [0.15, 0.2) is 28.6 Å². The zero-order valence-corrected chi connectivity index (χ0v) is 15.9. The number of nitrogens with zero attached hydrogens (tertiary/aromatic N) is 5. The van der Waals surface area contributed by atoms with E-state index in [0.717, 1.165) is 42.9 Å². The van der Waals surface area contributed by atoms with Crippen LogP contribution in [0.1, 0.15) is 23.0 Å². The summed E-state index contributed by atoms with van der Waals surface area (Å²) in [7, 11) is 1.65. The molecule has 0 aliphatic carbocycles. The van der Waals surface area contributed by atoms with E-state index in [0.29, 0.717) is 13.2 Å². The quantitative estimate of drug-likeness (QED) is 0.662. The molecule has 26 heavy (non-hydrogen) atoms. The SMILES string of the molecule is COCCn1c(=O)n([C@@H]2CCN(Cc3scnc3C)C2)c2ncccc21. The Morgan fingerprint density at radius 3 is 3.04 bits per heavy atom. The lowest BCUT2D eigenvalue weighted by molar-refractivity contribution is 0.187. The highest BCUT2D eigenvalue weighted by molar-refractivity contribution is 7.09. The summed E-state index contributed by atoms with van der Waals surface area (Å²) in [5, 5.41) is 0. The number of aromatic nitrogens is 4. The van der Waals surface area contributed by atoms with Crippen LogP contribution in [0.3, 0.4) is 0 Å². The molecule has 4 heterocycles. The maximum Gasteiger partial charge on any atom is 0.330 e. The lowest BCUT2D eigenvalue weighted by atomic mass is 10.2. The maximum atomic E-state index is 13.1. The van der Waals surface area contributed by atoms with Gasteiger partial charge in [-0.25, -0.2) is 14.8 Å². The average molecular weight is 373 g/mol. The van der Waals surface area contributed by atoms with E-state index < -0.39 is 0 Å². The van der Waals surface area contributed by atoms with Crippen molar-refractivity contribution in [3.63, 3.8) is 0 Å². The molecule has 8 heteroatoms. The monoisotopic (exact) mass is 373 g/mol. The topological polar surface area (TPSA) is 65.2 Å². The van der Waals surface area contributed by atoms with Crippen molar-refractivity contribution in [1.82, 2.24) is 24.0 Å². The van der Waals surface area contributed by atoms with Crippen molar-refractivity contribution >= 4 is 22.5 Å². The second-order valence-corrected chi connectivity index (χ2v) is 7.62. The molecule has 1 aliphatic rings. The van der Waals surface area contributed by atoms with Crippen LogP contribution >= 0.6 is 11.3 Å². The summed E-state index contributed by atoms with van der Waals surface area (Å²) in [6.07, 6.45) is 2.71. The van der Waals surface area contributed by atoms with E-state index in [4.69, 9.17) is 4.74 Å². The van der Waals surface area contributed by atoms with Gasteiger partial charge in [-0.3, -0.25) is 14.0 Å². The molecule has 0 unspecified atom stereocenters. The van der Waals surface area contributed by atoms with Crippen molar-refractivity contribution in [3.8, 4) is 0 Å². The van der Waals surface area contributed by atoms with Crippen molar-refractivity contribution in [3.05, 3.63) is 44.9 Å². The number of thiazole rings is 1. The third kappa shape index (κ3) is 3.08. The van der Waals surface area contributed by atoms with E-state index in [1.165, 1.54) is 4.88 Å². The summed E-state index contributed by atoms with van der Waals surface area (Å²) in [5.74, 6) is 0. The fraction of sp³-hybridized carbons (Fsp3) is 0.500. The highest BCUT2D eigenvalue weighted by Gasteiger charge is 2.28. The van der Waals surface area contributed by atoms with Gasteiger partial charge in [-0.1, -0.05) is 0 Å². The van der Waals surface area contributed by atoms with Crippen LogP contribution in [0.5, 0.6) is 0 Å². The van der Waals surface area contributed by atoms with Gasteiger partial charge in [-0.15, -0.1) is 11.3 Å². The van der Waals surface area contributed by atoms with Crippen LogP contribution in [0.4, 0.5) is 0 Å². The molecule has 0 aromatic carbocycles. The minimum atomic E-state index is 0.0107. The van der Waals surface area contributed by atoms with E-state index in [9.17, 15) is 4.79 Å². The van der Waals surface area contributed by atoms with Crippen LogP contribution in [-0.4, -0.2) is 50.8 Å². The molecule has 0 radical (unpaired) electrons. The molecule has 3 aromatic heterocycles. The Kier molecular flexibility index (Phi) is 4.88. The molecule has 3 aromatic rings. The van der Waals surface area contributed by atoms with Gasteiger partial charge in [0.05, 0.1) is 35.9 Å². The largest absolute Gasteiger partial charge is 0.383 e. The summed E-state index contributed by atoms with van der Waals surface area (Å²) in [6, 6.07) is 3.99. The lowest BCUT2D eigenvalue weighted by Gasteiger charge is -2.16. The minimum absolute atomic E-state index is 0.0107. The number of ether oxygens (including phenoxy) is 1. The number of imidazole rings is 1. The first-order chi connectivity index (χ1) is 12.7. The number of pyridine rings is 1. The van der Waals surface area contributed by atoms with Gasteiger partial charge >= 0.3 is 5.69 Å². The average Bonchev–Trinajstić information content (AvgIpc) is 3.32. The van der Waals surface area contributed by atoms with Gasteiger partial charge in [-0.2, -0.15) is 0 Å². The number of rotatable bonds is 6. The maximum absolute atomic E-state index is 13.1. The molecule has 1 fully saturated rings. The first-order valence-electron chi connectivity index (χ1n) is 8.85. The predicted molar refractivity (Wildman–Crippen MR) is 102 cm³/mol. The van der Waals surface area contributed by atoms with Gasteiger partial charge in [-0.05, 0) is 25.5 Å². The normalized spacial score (nSPS) is 18.2. The molecule has 1 aliphatic heterocycles. The van der Waals surface area contributed by atoms with Gasteiger partial charge in [0.25, 0.3) is 0 Å². The Morgan fingerprint density at radius 2 is 2.27 bits per heavy atom. The molecule has 0 spiro atoms. The minimum Gasteiger partial charge on any atom is -0.383 e. The van der Waals surface area contributed by atoms with Gasteiger partial charge in [0.2, 0.25) is 0 Å². The standard InChI is InChI=1S/C18H23N5O2S/c1-13-16(26-12-20-13)11-21-7-5-14(10-21)23-17-15(4-3-6-19-17)22(18(23)24)8-9-25-2/h3-4,6,12,14H,5,7-11H2,1-2H3/t14-/m1/s1. The van der Waals surface area contributed by atoms with Crippen molar-refractivity contribution in [2.24, 2.45) is 0 Å². The zero-order chi connectivity index (χ0) is 18.1. The smallest absolute Gasteiger partial charge is 0.330 e. The molecule has 4 rings (SSSR count). The third-order valence-electron chi connectivity index (χ3n) is 5.07. The zero-order valence-electron chi connectivity index (χ0n) is 15.1.